The lowest BCUT2D eigenvalue weighted by atomic mass is 9.85. The molecule has 13 aromatic rings. The molecule has 2 heteroatoms. The van der Waals surface area contributed by atoms with Crippen LogP contribution in [0.4, 0.5) is 17.1 Å². The molecule has 13 rings (SSSR count). The van der Waals surface area contributed by atoms with Gasteiger partial charge in [-0.3, -0.25) is 0 Å². The van der Waals surface area contributed by atoms with Gasteiger partial charge in [-0.1, -0.05) is 200 Å². The molecule has 0 radical (unpaired) electrons. The molecule has 0 aliphatic carbocycles. The zero-order chi connectivity index (χ0) is 45.0. The van der Waals surface area contributed by atoms with Crippen LogP contribution in [0.1, 0.15) is 0 Å². The van der Waals surface area contributed by atoms with Crippen molar-refractivity contribution in [2.24, 2.45) is 0 Å². The minimum Gasteiger partial charge on any atom is -0.310 e. The summed E-state index contributed by atoms with van der Waals surface area (Å²) in [6.07, 6.45) is 0. The standard InChI is InChI=1S/C66H44N2/c1-4-19-47(20-5-1)65-60-31-13-12-29-57(60)58-40-39-54(44-62(58)66(65)48-21-6-2-7-22-48)67(53-27-16-24-50(42-53)56-32-17-23-46-18-10-11-28-55(46)56)52-37-34-45(35-38-52)49-36-41-64-61(43-49)59-30-14-15-33-63(59)68(64)51-25-8-3-9-26-51/h1-44H. The summed E-state index contributed by atoms with van der Waals surface area (Å²) in [4.78, 5) is 2.43. The van der Waals surface area contributed by atoms with Gasteiger partial charge in [-0.15, -0.1) is 0 Å². The fourth-order valence-corrected chi connectivity index (χ4v) is 10.7. The van der Waals surface area contributed by atoms with Crippen molar-refractivity contribution in [3.63, 3.8) is 0 Å². The number of rotatable bonds is 8. The van der Waals surface area contributed by atoms with Crippen molar-refractivity contribution < 1.29 is 0 Å². The molecule has 0 N–H and O–H groups in total. The van der Waals surface area contributed by atoms with E-state index in [9.17, 15) is 0 Å². The van der Waals surface area contributed by atoms with Gasteiger partial charge >= 0.3 is 0 Å². The summed E-state index contributed by atoms with van der Waals surface area (Å²) >= 11 is 0. The van der Waals surface area contributed by atoms with Gasteiger partial charge in [0.25, 0.3) is 0 Å². The predicted octanol–water partition coefficient (Wildman–Crippen LogP) is 18.4. The zero-order valence-corrected chi connectivity index (χ0v) is 37.3. The molecule has 0 amide bonds. The zero-order valence-electron chi connectivity index (χ0n) is 37.3. The summed E-state index contributed by atoms with van der Waals surface area (Å²) in [5.41, 5.74) is 16.4. The van der Waals surface area contributed by atoms with Crippen LogP contribution in [0.2, 0.25) is 0 Å². The monoisotopic (exact) mass is 864 g/mol. The minimum absolute atomic E-state index is 1.08. The fraction of sp³-hybridized carbons (Fsp3) is 0. The van der Waals surface area contributed by atoms with Crippen LogP contribution < -0.4 is 4.90 Å². The first kappa shape index (κ1) is 39.4. The van der Waals surface area contributed by atoms with Crippen molar-refractivity contribution in [1.29, 1.82) is 0 Å². The molecule has 0 saturated carbocycles. The number of nitrogens with zero attached hydrogens (tertiary/aromatic N) is 2. The topological polar surface area (TPSA) is 8.17 Å². The lowest BCUT2D eigenvalue weighted by Gasteiger charge is -2.27. The number of hydrogen-bond donors (Lipinski definition) is 0. The molecule has 0 saturated heterocycles. The van der Waals surface area contributed by atoms with Gasteiger partial charge in [0.15, 0.2) is 0 Å². The van der Waals surface area contributed by atoms with E-state index in [1.165, 1.54) is 98.6 Å². The quantitative estimate of drug-likeness (QED) is 0.138. The van der Waals surface area contributed by atoms with Crippen molar-refractivity contribution in [1.82, 2.24) is 4.57 Å². The maximum Gasteiger partial charge on any atom is 0.0541 e. The highest BCUT2D eigenvalue weighted by Crippen LogP contribution is 2.47. The van der Waals surface area contributed by atoms with E-state index in [0.717, 1.165) is 22.7 Å². The van der Waals surface area contributed by atoms with E-state index in [0.29, 0.717) is 0 Å². The molecule has 2 nitrogen and oxygen atoms in total. The van der Waals surface area contributed by atoms with Crippen LogP contribution in [0.5, 0.6) is 0 Å². The molecule has 1 heterocycles. The highest BCUT2D eigenvalue weighted by atomic mass is 15.1. The Morgan fingerprint density at radius 1 is 0.250 bits per heavy atom. The largest absolute Gasteiger partial charge is 0.310 e. The molecule has 68 heavy (non-hydrogen) atoms. The molecule has 1 aromatic heterocycles. The van der Waals surface area contributed by atoms with Crippen LogP contribution in [0.15, 0.2) is 267 Å². The maximum absolute atomic E-state index is 2.43. The number of aromatic nitrogens is 1. The number of benzene rings is 12. The maximum atomic E-state index is 2.43. The second-order valence-electron chi connectivity index (χ2n) is 17.6. The third kappa shape index (κ3) is 6.65. The van der Waals surface area contributed by atoms with Gasteiger partial charge in [0, 0.05) is 33.5 Å². The molecule has 0 atom stereocenters. The Bertz CT molecular complexity index is 4000. The van der Waals surface area contributed by atoms with Gasteiger partial charge in [-0.05, 0) is 144 Å². The second-order valence-corrected chi connectivity index (χ2v) is 17.6. The van der Waals surface area contributed by atoms with Crippen LogP contribution in [0.3, 0.4) is 0 Å². The molecule has 0 aliphatic rings. The van der Waals surface area contributed by atoms with Gasteiger partial charge in [0.05, 0.1) is 11.0 Å². The third-order valence-corrected chi connectivity index (χ3v) is 13.7. The molecule has 0 aliphatic heterocycles. The van der Waals surface area contributed by atoms with Crippen LogP contribution in [0, 0.1) is 0 Å². The molecule has 0 unspecified atom stereocenters. The first-order chi connectivity index (χ1) is 33.7. The van der Waals surface area contributed by atoms with E-state index in [-0.39, 0.29) is 0 Å². The first-order valence-electron chi connectivity index (χ1n) is 23.4. The Kier molecular flexibility index (Phi) is 9.54. The van der Waals surface area contributed by atoms with Gasteiger partial charge in [0.1, 0.15) is 0 Å². The van der Waals surface area contributed by atoms with Crippen LogP contribution in [-0.2, 0) is 0 Å². The van der Waals surface area contributed by atoms with Crippen molar-refractivity contribution in [3.05, 3.63) is 267 Å². The summed E-state index contributed by atoms with van der Waals surface area (Å²) in [5.74, 6) is 0. The van der Waals surface area contributed by atoms with Crippen LogP contribution in [0.25, 0.3) is 104 Å². The Morgan fingerprint density at radius 3 is 1.54 bits per heavy atom. The summed E-state index contributed by atoms with van der Waals surface area (Å²) in [6.45, 7) is 0. The Morgan fingerprint density at radius 2 is 0.779 bits per heavy atom. The Labute approximate surface area is 395 Å². The summed E-state index contributed by atoms with van der Waals surface area (Å²) in [6, 6.07) is 97.5. The minimum atomic E-state index is 1.08. The van der Waals surface area contributed by atoms with Crippen LogP contribution >= 0.6 is 0 Å². The highest BCUT2D eigenvalue weighted by molar-refractivity contribution is 6.22. The highest BCUT2D eigenvalue weighted by Gasteiger charge is 2.21. The lowest BCUT2D eigenvalue weighted by Crippen LogP contribution is -2.10. The predicted molar refractivity (Wildman–Crippen MR) is 290 cm³/mol. The summed E-state index contributed by atoms with van der Waals surface area (Å²) < 4.78 is 2.38. The average molecular weight is 865 g/mol. The number of para-hydroxylation sites is 2. The van der Waals surface area contributed by atoms with E-state index in [2.05, 4.69) is 276 Å². The molecular weight excluding hydrogens is 821 g/mol. The molecule has 0 spiro atoms. The van der Waals surface area contributed by atoms with E-state index in [4.69, 9.17) is 0 Å². The van der Waals surface area contributed by atoms with Gasteiger partial charge in [-0.25, -0.2) is 0 Å². The number of fused-ring (bicyclic) bond motifs is 7. The van der Waals surface area contributed by atoms with Crippen molar-refractivity contribution in [2.45, 2.75) is 0 Å². The third-order valence-electron chi connectivity index (χ3n) is 13.7. The summed E-state index contributed by atoms with van der Waals surface area (Å²) in [5, 5.41) is 9.89. The summed E-state index contributed by atoms with van der Waals surface area (Å²) in [7, 11) is 0. The van der Waals surface area contributed by atoms with Gasteiger partial charge in [0.2, 0.25) is 0 Å². The van der Waals surface area contributed by atoms with Crippen molar-refractivity contribution in [3.8, 4) is 50.2 Å². The van der Waals surface area contributed by atoms with E-state index in [1.807, 2.05) is 0 Å². The lowest BCUT2D eigenvalue weighted by molar-refractivity contribution is 1.18. The smallest absolute Gasteiger partial charge is 0.0541 e. The Hall–Kier alpha value is -8.98. The molecule has 0 fully saturated rings. The van der Waals surface area contributed by atoms with Crippen LogP contribution in [-0.4, -0.2) is 4.57 Å². The van der Waals surface area contributed by atoms with E-state index >= 15 is 0 Å². The van der Waals surface area contributed by atoms with Gasteiger partial charge in [-0.2, -0.15) is 0 Å². The molecule has 0 bridgehead atoms. The Balaban J connectivity index is 1.01. The SMILES string of the molecule is c1ccc(-c2c(-c3ccccc3)c3cc(N(c4ccc(-c5ccc6c(c5)c5ccccc5n6-c5ccccc5)cc4)c4cccc(-c5cccc6ccccc56)c4)ccc3c3ccccc23)cc1. The second kappa shape index (κ2) is 16.5. The van der Waals surface area contributed by atoms with Crippen molar-refractivity contribution in [2.75, 3.05) is 4.90 Å². The number of anilines is 3. The molecule has 318 valence electrons. The first-order valence-corrected chi connectivity index (χ1v) is 23.4. The fourth-order valence-electron chi connectivity index (χ4n) is 10.7. The number of hydrogen-bond acceptors (Lipinski definition) is 1. The average Bonchev–Trinajstić information content (AvgIpc) is 3.75. The van der Waals surface area contributed by atoms with E-state index < -0.39 is 0 Å². The van der Waals surface area contributed by atoms with Crippen molar-refractivity contribution >= 4 is 71.2 Å². The molecule has 12 aromatic carbocycles. The molecular formula is C66H44N2. The van der Waals surface area contributed by atoms with E-state index in [1.54, 1.807) is 0 Å². The normalized spacial score (nSPS) is 11.5. The van der Waals surface area contributed by atoms with Gasteiger partial charge < -0.3 is 9.47 Å².